The summed E-state index contributed by atoms with van der Waals surface area (Å²) in [4.78, 5) is 5.27. The number of hydrogen-bond donors (Lipinski definition) is 0. The van der Waals surface area contributed by atoms with Crippen LogP contribution in [-0.4, -0.2) is 42.5 Å². The van der Waals surface area contributed by atoms with Gasteiger partial charge in [0.15, 0.2) is 0 Å². The summed E-state index contributed by atoms with van der Waals surface area (Å²) in [5.74, 6) is 0. The Morgan fingerprint density at radius 3 is 2.39 bits per heavy atom. The molecule has 1 saturated heterocycles. The molecule has 1 fully saturated rings. The second-order valence-corrected chi connectivity index (χ2v) is 5.26. The van der Waals surface area contributed by atoms with E-state index in [1.54, 1.807) is 0 Å². The summed E-state index contributed by atoms with van der Waals surface area (Å²) in [7, 11) is 0. The van der Waals surface area contributed by atoms with Crippen molar-refractivity contribution in [3.63, 3.8) is 0 Å². The molecule has 1 aliphatic heterocycles. The highest BCUT2D eigenvalue weighted by Crippen LogP contribution is 2.25. The van der Waals surface area contributed by atoms with Crippen LogP contribution in [0.4, 0.5) is 0 Å². The van der Waals surface area contributed by atoms with Gasteiger partial charge in [-0.2, -0.15) is 0 Å². The largest absolute Gasteiger partial charge is 0.300 e. The van der Waals surface area contributed by atoms with E-state index in [1.165, 1.54) is 51.1 Å². The molecule has 0 radical (unpaired) electrons. The maximum atomic E-state index is 2.65. The van der Waals surface area contributed by atoms with Gasteiger partial charge in [0.1, 0.15) is 0 Å². The van der Waals surface area contributed by atoms with Crippen molar-refractivity contribution in [3.8, 4) is 0 Å². The first-order valence-electron chi connectivity index (χ1n) is 7.36. The Morgan fingerprint density at radius 1 is 1.00 bits per heavy atom. The first-order chi connectivity index (χ1) is 8.85. The van der Waals surface area contributed by atoms with Gasteiger partial charge in [-0.3, -0.25) is 4.90 Å². The second-order valence-electron chi connectivity index (χ2n) is 5.26. The van der Waals surface area contributed by atoms with Gasteiger partial charge >= 0.3 is 0 Å². The molecule has 0 unspecified atom stereocenters. The summed E-state index contributed by atoms with van der Waals surface area (Å²) < 4.78 is 0. The average Bonchev–Trinajstić information content (AvgIpc) is 2.42. The molecule has 0 spiro atoms. The maximum absolute atomic E-state index is 2.65. The molecule has 0 amide bonds. The lowest BCUT2D eigenvalue weighted by Crippen LogP contribution is -2.48. The Balaban J connectivity index is 2.09. The average molecular weight is 246 g/mol. The fourth-order valence-electron chi connectivity index (χ4n) is 2.94. The molecule has 2 nitrogen and oxygen atoms in total. The van der Waals surface area contributed by atoms with E-state index in [2.05, 4.69) is 54.0 Å². The molecular formula is C16H26N2. The van der Waals surface area contributed by atoms with Crippen LogP contribution >= 0.6 is 0 Å². The third-order valence-corrected chi connectivity index (χ3v) is 3.81. The van der Waals surface area contributed by atoms with Crippen LogP contribution in [0.3, 0.4) is 0 Å². The Kier molecular flexibility index (Phi) is 5.21. The van der Waals surface area contributed by atoms with Crippen LogP contribution in [0.5, 0.6) is 0 Å². The first kappa shape index (κ1) is 13.6. The minimum Gasteiger partial charge on any atom is -0.300 e. The smallest absolute Gasteiger partial charge is 0.0475 e. The summed E-state index contributed by atoms with van der Waals surface area (Å²) in [5.41, 5.74) is 1.48. The number of rotatable bonds is 5. The van der Waals surface area contributed by atoms with E-state index in [1.807, 2.05) is 0 Å². The van der Waals surface area contributed by atoms with Crippen LogP contribution in [0.15, 0.2) is 30.3 Å². The third-order valence-electron chi connectivity index (χ3n) is 3.81. The van der Waals surface area contributed by atoms with E-state index in [4.69, 9.17) is 0 Å². The quantitative estimate of drug-likeness (QED) is 0.787. The maximum Gasteiger partial charge on any atom is 0.0475 e. The van der Waals surface area contributed by atoms with Gasteiger partial charge in [0.25, 0.3) is 0 Å². The van der Waals surface area contributed by atoms with Crippen molar-refractivity contribution in [3.05, 3.63) is 35.9 Å². The lowest BCUT2D eigenvalue weighted by atomic mass is 10.0. The molecule has 0 N–H and O–H groups in total. The highest BCUT2D eigenvalue weighted by Gasteiger charge is 2.26. The third kappa shape index (κ3) is 3.33. The van der Waals surface area contributed by atoms with E-state index in [0.29, 0.717) is 6.04 Å². The van der Waals surface area contributed by atoms with E-state index in [-0.39, 0.29) is 0 Å². The fraction of sp³-hybridized carbons (Fsp3) is 0.625. The topological polar surface area (TPSA) is 6.48 Å². The number of benzene rings is 1. The molecule has 2 heteroatoms. The van der Waals surface area contributed by atoms with Crippen LogP contribution in [0.1, 0.15) is 38.3 Å². The van der Waals surface area contributed by atoms with Gasteiger partial charge in [-0.25, -0.2) is 0 Å². The summed E-state index contributed by atoms with van der Waals surface area (Å²) in [6.45, 7) is 10.7. The molecule has 0 bridgehead atoms. The second kappa shape index (κ2) is 6.91. The molecule has 2 rings (SSSR count). The monoisotopic (exact) mass is 246 g/mol. The molecule has 1 aromatic carbocycles. The predicted octanol–water partition coefficient (Wildman–Crippen LogP) is 3.17. The zero-order valence-corrected chi connectivity index (χ0v) is 11.8. The fourth-order valence-corrected chi connectivity index (χ4v) is 2.94. The van der Waals surface area contributed by atoms with E-state index >= 15 is 0 Å². The zero-order valence-electron chi connectivity index (χ0n) is 11.8. The molecule has 1 aromatic rings. The molecular weight excluding hydrogens is 220 g/mol. The van der Waals surface area contributed by atoms with Crippen molar-refractivity contribution in [2.75, 3.05) is 32.7 Å². The van der Waals surface area contributed by atoms with Gasteiger partial charge in [-0.05, 0) is 31.5 Å². The lowest BCUT2D eigenvalue weighted by molar-refractivity contribution is 0.0741. The highest BCUT2D eigenvalue weighted by atomic mass is 15.3. The zero-order chi connectivity index (χ0) is 12.8. The number of piperazine rings is 1. The predicted molar refractivity (Wildman–Crippen MR) is 77.8 cm³/mol. The molecule has 1 atom stereocenters. The number of hydrogen-bond acceptors (Lipinski definition) is 2. The van der Waals surface area contributed by atoms with Crippen molar-refractivity contribution in [2.45, 2.75) is 32.7 Å². The van der Waals surface area contributed by atoms with Gasteiger partial charge in [0, 0.05) is 25.7 Å². The molecule has 1 aliphatic rings. The minimum atomic E-state index is 0.589. The Labute approximate surface area is 112 Å². The van der Waals surface area contributed by atoms with Gasteiger partial charge in [-0.15, -0.1) is 0 Å². The summed E-state index contributed by atoms with van der Waals surface area (Å²) in [5, 5.41) is 0. The van der Waals surface area contributed by atoms with Crippen molar-refractivity contribution < 1.29 is 0 Å². The van der Waals surface area contributed by atoms with Crippen molar-refractivity contribution in [1.82, 2.24) is 9.80 Å². The van der Waals surface area contributed by atoms with E-state index in [0.717, 1.165) is 0 Å². The van der Waals surface area contributed by atoms with Gasteiger partial charge < -0.3 is 4.90 Å². The summed E-state index contributed by atoms with van der Waals surface area (Å²) in [6.07, 6.45) is 2.51. The lowest BCUT2D eigenvalue weighted by Gasteiger charge is -2.41. The molecule has 1 heterocycles. The normalized spacial score (nSPS) is 22.2. The summed E-state index contributed by atoms with van der Waals surface area (Å²) >= 11 is 0. The first-order valence-corrected chi connectivity index (χ1v) is 7.36. The van der Waals surface area contributed by atoms with Crippen LogP contribution in [0.2, 0.25) is 0 Å². The number of nitrogens with zero attached hydrogens (tertiary/aromatic N) is 2. The van der Waals surface area contributed by atoms with Gasteiger partial charge in [0.2, 0.25) is 0 Å². The van der Waals surface area contributed by atoms with Crippen LogP contribution in [-0.2, 0) is 0 Å². The molecule has 0 saturated carbocycles. The molecule has 0 aliphatic carbocycles. The Morgan fingerprint density at radius 2 is 1.72 bits per heavy atom. The molecule has 18 heavy (non-hydrogen) atoms. The van der Waals surface area contributed by atoms with Crippen molar-refractivity contribution >= 4 is 0 Å². The van der Waals surface area contributed by atoms with E-state index < -0.39 is 0 Å². The van der Waals surface area contributed by atoms with Crippen LogP contribution < -0.4 is 0 Å². The SMILES string of the molecule is CCCN1CCN(CCC)[C@H](c2ccccc2)C1. The van der Waals surface area contributed by atoms with Crippen LogP contribution in [0.25, 0.3) is 0 Å². The van der Waals surface area contributed by atoms with Crippen LogP contribution in [0, 0.1) is 0 Å². The summed E-state index contributed by atoms with van der Waals surface area (Å²) in [6, 6.07) is 11.6. The van der Waals surface area contributed by atoms with Gasteiger partial charge in [-0.1, -0.05) is 44.2 Å². The van der Waals surface area contributed by atoms with Crippen molar-refractivity contribution in [1.29, 1.82) is 0 Å². The molecule has 0 aromatic heterocycles. The Bertz CT molecular complexity index is 336. The minimum absolute atomic E-state index is 0.589. The molecule has 100 valence electrons. The van der Waals surface area contributed by atoms with E-state index in [9.17, 15) is 0 Å². The highest BCUT2D eigenvalue weighted by molar-refractivity contribution is 5.20. The van der Waals surface area contributed by atoms with Gasteiger partial charge in [0.05, 0.1) is 0 Å². The standard InChI is InChI=1S/C16H26N2/c1-3-10-17-12-13-18(11-4-2)16(14-17)15-8-6-5-7-9-15/h5-9,16H,3-4,10-14H2,1-2H3/t16-/m0/s1. The Hall–Kier alpha value is -0.860. The van der Waals surface area contributed by atoms with Crippen molar-refractivity contribution in [2.24, 2.45) is 0 Å².